The van der Waals surface area contributed by atoms with Gasteiger partial charge in [0.25, 0.3) is 5.91 Å². The summed E-state index contributed by atoms with van der Waals surface area (Å²) in [6, 6.07) is 7.59. The fraction of sp³-hybridized carbons (Fsp3) is 0.267. The van der Waals surface area contributed by atoms with Crippen LogP contribution in [0.5, 0.6) is 0 Å². The van der Waals surface area contributed by atoms with Crippen molar-refractivity contribution >= 4 is 23.5 Å². The molecule has 0 saturated carbocycles. The number of hydrogen-bond acceptors (Lipinski definition) is 4. The summed E-state index contributed by atoms with van der Waals surface area (Å²) >= 11 is 1.57. The number of amides is 1. The van der Waals surface area contributed by atoms with E-state index in [0.29, 0.717) is 11.4 Å². The van der Waals surface area contributed by atoms with Crippen LogP contribution in [-0.4, -0.2) is 22.1 Å². The van der Waals surface area contributed by atoms with Gasteiger partial charge in [-0.15, -0.1) is 11.8 Å². The molecule has 0 atom stereocenters. The first-order valence-corrected chi connectivity index (χ1v) is 7.79. The molecule has 1 aliphatic rings. The molecular formula is C15H15N3OS. The average Bonchev–Trinajstić information content (AvgIpc) is 2.96. The molecule has 102 valence electrons. The number of rotatable bonds is 3. The highest BCUT2D eigenvalue weighted by Gasteiger charge is 2.19. The smallest absolute Gasteiger partial charge is 0.257 e. The Balaban J connectivity index is 1.88. The van der Waals surface area contributed by atoms with Crippen LogP contribution >= 0.6 is 11.8 Å². The monoisotopic (exact) mass is 285 g/mol. The highest BCUT2D eigenvalue weighted by atomic mass is 32.2. The fourth-order valence-corrected chi connectivity index (χ4v) is 3.07. The van der Waals surface area contributed by atoms with Gasteiger partial charge in [0.1, 0.15) is 12.1 Å². The molecule has 0 fully saturated rings. The van der Waals surface area contributed by atoms with E-state index in [2.05, 4.69) is 15.3 Å². The van der Waals surface area contributed by atoms with E-state index < -0.39 is 0 Å². The number of nitrogens with one attached hydrogen (secondary N) is 1. The van der Waals surface area contributed by atoms with E-state index in [1.54, 1.807) is 11.8 Å². The van der Waals surface area contributed by atoms with E-state index in [9.17, 15) is 4.79 Å². The number of benzene rings is 1. The predicted octanol–water partition coefficient (Wildman–Crippen LogP) is 2.94. The number of aryl methyl sites for hydroxylation is 1. The van der Waals surface area contributed by atoms with Crippen molar-refractivity contribution in [3.8, 4) is 0 Å². The summed E-state index contributed by atoms with van der Waals surface area (Å²) < 4.78 is 0. The quantitative estimate of drug-likeness (QED) is 0.881. The van der Waals surface area contributed by atoms with Gasteiger partial charge in [0, 0.05) is 16.2 Å². The maximum absolute atomic E-state index is 12.4. The second-order valence-electron chi connectivity index (χ2n) is 4.66. The normalized spacial score (nSPS) is 13.1. The predicted molar refractivity (Wildman–Crippen MR) is 80.2 cm³/mol. The first kappa shape index (κ1) is 13.1. The molecule has 5 heteroatoms. The number of carbonyl (C=O) groups excluding carboxylic acids is 1. The average molecular weight is 285 g/mol. The number of fused-ring (bicyclic) bond motifs is 1. The van der Waals surface area contributed by atoms with Crippen LogP contribution in [0.15, 0.2) is 35.5 Å². The fourth-order valence-electron chi connectivity index (χ4n) is 2.47. The molecule has 0 radical (unpaired) electrons. The van der Waals surface area contributed by atoms with Crippen LogP contribution in [0.25, 0.3) is 0 Å². The Kier molecular flexibility index (Phi) is 3.69. The molecule has 1 N–H and O–H groups in total. The number of hydrogen-bond donors (Lipinski definition) is 1. The molecule has 0 spiro atoms. The number of nitrogens with zero attached hydrogens (tertiary/aromatic N) is 2. The van der Waals surface area contributed by atoms with Gasteiger partial charge in [-0.05, 0) is 37.7 Å². The van der Waals surface area contributed by atoms with Crippen LogP contribution in [0.1, 0.15) is 28.0 Å². The number of anilines is 1. The van der Waals surface area contributed by atoms with Crippen LogP contribution in [0.4, 0.5) is 5.82 Å². The van der Waals surface area contributed by atoms with Crippen molar-refractivity contribution < 1.29 is 4.79 Å². The zero-order valence-corrected chi connectivity index (χ0v) is 12.0. The zero-order valence-electron chi connectivity index (χ0n) is 11.2. The van der Waals surface area contributed by atoms with E-state index in [4.69, 9.17) is 0 Å². The largest absolute Gasteiger partial charge is 0.306 e. The standard InChI is InChI=1S/C15H15N3OS/c1-20-13-8-3-2-5-11(13)15(19)18-14-10-6-4-7-12(10)16-9-17-14/h2-3,5,8-9H,4,6-7H2,1H3,(H,16,17,18,19). The van der Waals surface area contributed by atoms with E-state index in [1.807, 2.05) is 30.5 Å². The Bertz CT molecular complexity index is 657. The summed E-state index contributed by atoms with van der Waals surface area (Å²) in [4.78, 5) is 21.9. The third kappa shape index (κ3) is 2.41. The number of carbonyl (C=O) groups is 1. The van der Waals surface area contributed by atoms with Crippen LogP contribution in [0, 0.1) is 0 Å². The van der Waals surface area contributed by atoms with Crippen molar-refractivity contribution in [1.29, 1.82) is 0 Å². The van der Waals surface area contributed by atoms with Crippen molar-refractivity contribution in [1.82, 2.24) is 9.97 Å². The number of aromatic nitrogens is 2. The third-order valence-electron chi connectivity index (χ3n) is 3.46. The van der Waals surface area contributed by atoms with Gasteiger partial charge >= 0.3 is 0 Å². The topological polar surface area (TPSA) is 54.9 Å². The van der Waals surface area contributed by atoms with Crippen molar-refractivity contribution in [2.75, 3.05) is 11.6 Å². The van der Waals surface area contributed by atoms with Crippen LogP contribution in [0.2, 0.25) is 0 Å². The second kappa shape index (κ2) is 5.63. The lowest BCUT2D eigenvalue weighted by atomic mass is 10.2. The third-order valence-corrected chi connectivity index (χ3v) is 4.25. The molecule has 0 unspecified atom stereocenters. The maximum atomic E-state index is 12.4. The molecule has 0 saturated heterocycles. The van der Waals surface area contributed by atoms with Crippen LogP contribution in [0.3, 0.4) is 0 Å². The van der Waals surface area contributed by atoms with Gasteiger partial charge in [0.2, 0.25) is 0 Å². The second-order valence-corrected chi connectivity index (χ2v) is 5.50. The van der Waals surface area contributed by atoms with E-state index in [-0.39, 0.29) is 5.91 Å². The van der Waals surface area contributed by atoms with E-state index >= 15 is 0 Å². The Morgan fingerprint density at radius 1 is 1.25 bits per heavy atom. The molecule has 1 aliphatic carbocycles. The molecular weight excluding hydrogens is 270 g/mol. The first-order chi connectivity index (χ1) is 9.79. The highest BCUT2D eigenvalue weighted by molar-refractivity contribution is 7.98. The lowest BCUT2D eigenvalue weighted by Gasteiger charge is -2.10. The molecule has 4 nitrogen and oxygen atoms in total. The van der Waals surface area contributed by atoms with Gasteiger partial charge in [0.05, 0.1) is 5.56 Å². The maximum Gasteiger partial charge on any atom is 0.257 e. The van der Waals surface area contributed by atoms with Gasteiger partial charge < -0.3 is 5.32 Å². The molecule has 0 bridgehead atoms. The first-order valence-electron chi connectivity index (χ1n) is 6.56. The summed E-state index contributed by atoms with van der Waals surface area (Å²) in [7, 11) is 0. The summed E-state index contributed by atoms with van der Waals surface area (Å²) in [5, 5.41) is 2.93. The summed E-state index contributed by atoms with van der Waals surface area (Å²) in [5.74, 6) is 0.552. The Morgan fingerprint density at radius 2 is 2.10 bits per heavy atom. The minimum atomic E-state index is -0.109. The van der Waals surface area contributed by atoms with Crippen molar-refractivity contribution in [2.24, 2.45) is 0 Å². The highest BCUT2D eigenvalue weighted by Crippen LogP contribution is 2.26. The van der Waals surface area contributed by atoms with Gasteiger partial charge in [-0.2, -0.15) is 0 Å². The van der Waals surface area contributed by atoms with Crippen LogP contribution in [-0.2, 0) is 12.8 Å². The summed E-state index contributed by atoms with van der Waals surface area (Å²) in [6.07, 6.45) is 6.49. The Hall–Kier alpha value is -1.88. The molecule has 2 aromatic rings. The molecule has 0 aliphatic heterocycles. The van der Waals surface area contributed by atoms with Gasteiger partial charge in [-0.25, -0.2) is 9.97 Å². The Morgan fingerprint density at radius 3 is 2.95 bits per heavy atom. The lowest BCUT2D eigenvalue weighted by Crippen LogP contribution is -2.15. The van der Waals surface area contributed by atoms with Crippen molar-refractivity contribution in [2.45, 2.75) is 24.2 Å². The van der Waals surface area contributed by atoms with E-state index in [0.717, 1.165) is 35.4 Å². The summed E-state index contributed by atoms with van der Waals surface area (Å²) in [6.45, 7) is 0. The zero-order chi connectivity index (χ0) is 13.9. The van der Waals surface area contributed by atoms with Crippen molar-refractivity contribution in [3.05, 3.63) is 47.4 Å². The Labute approximate surface area is 122 Å². The molecule has 1 heterocycles. The van der Waals surface area contributed by atoms with Gasteiger partial charge in [0.15, 0.2) is 0 Å². The van der Waals surface area contributed by atoms with Crippen molar-refractivity contribution in [3.63, 3.8) is 0 Å². The molecule has 1 aromatic heterocycles. The molecule has 1 aromatic carbocycles. The SMILES string of the molecule is CSc1ccccc1C(=O)Nc1ncnc2c1CCC2. The number of thioether (sulfide) groups is 1. The van der Waals surface area contributed by atoms with Crippen LogP contribution < -0.4 is 5.32 Å². The summed E-state index contributed by atoms with van der Waals surface area (Å²) in [5.41, 5.74) is 2.83. The van der Waals surface area contributed by atoms with E-state index in [1.165, 1.54) is 6.33 Å². The minimum Gasteiger partial charge on any atom is -0.306 e. The van der Waals surface area contributed by atoms with Gasteiger partial charge in [-0.1, -0.05) is 12.1 Å². The van der Waals surface area contributed by atoms with Gasteiger partial charge in [-0.3, -0.25) is 4.79 Å². The molecule has 3 rings (SSSR count). The minimum absolute atomic E-state index is 0.109. The lowest BCUT2D eigenvalue weighted by molar-refractivity contribution is 0.102. The molecule has 20 heavy (non-hydrogen) atoms. The molecule has 1 amide bonds.